The summed E-state index contributed by atoms with van der Waals surface area (Å²) in [7, 11) is 2.09. The van der Waals surface area contributed by atoms with Gasteiger partial charge in [0.25, 0.3) is 0 Å². The Bertz CT molecular complexity index is 749. The third-order valence-corrected chi connectivity index (χ3v) is 4.41. The molecule has 0 amide bonds. The first-order chi connectivity index (χ1) is 12.1. The quantitative estimate of drug-likeness (QED) is 0.530. The second-order valence-electron chi connectivity index (χ2n) is 6.31. The van der Waals surface area contributed by atoms with Gasteiger partial charge in [-0.05, 0) is 18.7 Å². The summed E-state index contributed by atoms with van der Waals surface area (Å²) in [5.74, 6) is 0.477. The molecule has 0 atom stereocenters. The number of nitrogens with zero attached hydrogens (tertiary/aromatic N) is 3. The highest BCUT2D eigenvalue weighted by molar-refractivity contribution is 6.37. The molecule has 0 unspecified atom stereocenters. The van der Waals surface area contributed by atoms with Crippen LogP contribution in [0.3, 0.4) is 0 Å². The smallest absolute Gasteiger partial charge is 0.196 e. The first kappa shape index (κ1) is 17.2. The number of anilines is 1. The Morgan fingerprint density at radius 1 is 0.960 bits per heavy atom. The predicted molar refractivity (Wildman–Crippen MR) is 103 cm³/mol. The highest BCUT2D eigenvalue weighted by atomic mass is 16.1. The zero-order chi connectivity index (χ0) is 17.6. The Kier molecular flexibility index (Phi) is 5.46. The molecule has 0 bridgehead atoms. The second kappa shape index (κ2) is 7.94. The number of nitrogens with one attached hydrogen (secondary N) is 1. The summed E-state index contributed by atoms with van der Waals surface area (Å²) in [5, 5.41) is 4.45. The summed E-state index contributed by atoms with van der Waals surface area (Å²) in [6.45, 7) is 5.08. The summed E-state index contributed by atoms with van der Waals surface area (Å²) >= 11 is 0. The van der Waals surface area contributed by atoms with Crippen molar-refractivity contribution < 1.29 is 4.79 Å². The maximum atomic E-state index is 12.1. The maximum Gasteiger partial charge on any atom is 0.196 e. The summed E-state index contributed by atoms with van der Waals surface area (Å²) in [6.07, 6.45) is 0. The van der Waals surface area contributed by atoms with Crippen LogP contribution >= 0.6 is 0 Å². The number of hydrazone groups is 1. The van der Waals surface area contributed by atoms with Crippen molar-refractivity contribution in [2.75, 3.05) is 38.7 Å². The van der Waals surface area contributed by atoms with Gasteiger partial charge < -0.3 is 9.80 Å². The SMILES string of the molecule is CC(=O)C(=NNc1ccccc1-c1ccccc1)N1CCN(C)CC1. The van der Waals surface area contributed by atoms with Crippen molar-refractivity contribution in [1.29, 1.82) is 0 Å². The Morgan fingerprint density at radius 2 is 1.60 bits per heavy atom. The number of rotatable bonds is 4. The minimum absolute atomic E-state index is 0.0192. The van der Waals surface area contributed by atoms with Crippen molar-refractivity contribution in [3.05, 3.63) is 54.6 Å². The van der Waals surface area contributed by atoms with Crippen LogP contribution in [0.15, 0.2) is 59.7 Å². The van der Waals surface area contributed by atoms with Crippen molar-refractivity contribution in [3.63, 3.8) is 0 Å². The van der Waals surface area contributed by atoms with Crippen LogP contribution in [-0.4, -0.2) is 54.6 Å². The van der Waals surface area contributed by atoms with Crippen LogP contribution in [0.5, 0.6) is 0 Å². The number of benzene rings is 2. The van der Waals surface area contributed by atoms with Crippen LogP contribution in [0.25, 0.3) is 11.1 Å². The van der Waals surface area contributed by atoms with E-state index in [-0.39, 0.29) is 5.78 Å². The van der Waals surface area contributed by atoms with Crippen LogP contribution in [0.4, 0.5) is 5.69 Å². The summed E-state index contributed by atoms with van der Waals surface area (Å²) in [5.41, 5.74) is 6.18. The Morgan fingerprint density at radius 3 is 2.28 bits per heavy atom. The van der Waals surface area contributed by atoms with Crippen LogP contribution in [-0.2, 0) is 4.79 Å². The number of carbonyl (C=O) groups excluding carboxylic acids is 1. The van der Waals surface area contributed by atoms with Crippen LogP contribution < -0.4 is 5.43 Å². The largest absolute Gasteiger partial charge is 0.350 e. The van der Waals surface area contributed by atoms with Gasteiger partial charge in [0.15, 0.2) is 11.6 Å². The molecular formula is C20H24N4O. The van der Waals surface area contributed by atoms with E-state index in [0.29, 0.717) is 5.84 Å². The molecule has 1 heterocycles. The molecule has 1 saturated heterocycles. The average Bonchev–Trinajstić information content (AvgIpc) is 2.64. The van der Waals surface area contributed by atoms with Crippen molar-refractivity contribution in [1.82, 2.24) is 9.80 Å². The molecule has 3 rings (SSSR count). The zero-order valence-electron chi connectivity index (χ0n) is 14.8. The van der Waals surface area contributed by atoms with E-state index in [9.17, 15) is 4.79 Å². The van der Waals surface area contributed by atoms with Crippen molar-refractivity contribution in [2.45, 2.75) is 6.92 Å². The minimum Gasteiger partial charge on any atom is -0.350 e. The molecule has 0 saturated carbocycles. The van der Waals surface area contributed by atoms with E-state index < -0.39 is 0 Å². The number of carbonyl (C=O) groups is 1. The van der Waals surface area contributed by atoms with Gasteiger partial charge in [0.2, 0.25) is 0 Å². The van der Waals surface area contributed by atoms with E-state index in [4.69, 9.17) is 0 Å². The van der Waals surface area contributed by atoms with E-state index >= 15 is 0 Å². The normalized spacial score (nSPS) is 15.9. The number of hydrogen-bond acceptors (Lipinski definition) is 4. The molecule has 0 spiro atoms. The zero-order valence-corrected chi connectivity index (χ0v) is 14.8. The lowest BCUT2D eigenvalue weighted by Gasteiger charge is -2.33. The molecule has 0 aromatic heterocycles. The van der Waals surface area contributed by atoms with Crippen molar-refractivity contribution in [2.24, 2.45) is 5.10 Å². The fourth-order valence-corrected chi connectivity index (χ4v) is 2.95. The lowest BCUT2D eigenvalue weighted by Crippen LogP contribution is -2.49. The number of Topliss-reactive ketones (excluding diaryl/α,β-unsaturated/α-hetero) is 1. The van der Waals surface area contributed by atoms with E-state index in [1.54, 1.807) is 6.92 Å². The van der Waals surface area contributed by atoms with Gasteiger partial charge in [-0.1, -0.05) is 48.5 Å². The molecule has 2 aromatic rings. The molecule has 130 valence electrons. The molecular weight excluding hydrogens is 312 g/mol. The Hall–Kier alpha value is -2.66. The molecule has 1 aliphatic rings. The second-order valence-corrected chi connectivity index (χ2v) is 6.31. The highest BCUT2D eigenvalue weighted by Crippen LogP contribution is 2.27. The molecule has 5 heteroatoms. The highest BCUT2D eigenvalue weighted by Gasteiger charge is 2.20. The first-order valence-corrected chi connectivity index (χ1v) is 8.58. The Balaban J connectivity index is 1.83. The standard InChI is InChI=1S/C20H24N4O/c1-16(25)20(24-14-12-23(2)13-15-24)22-21-19-11-7-6-10-18(19)17-8-4-3-5-9-17/h3-11,21H,12-15H2,1-2H3. The molecule has 5 nitrogen and oxygen atoms in total. The summed E-state index contributed by atoms with van der Waals surface area (Å²) in [6, 6.07) is 18.2. The summed E-state index contributed by atoms with van der Waals surface area (Å²) in [4.78, 5) is 16.4. The number of likely N-dealkylation sites (N-methyl/N-ethyl adjacent to an activating group) is 1. The van der Waals surface area contributed by atoms with Crippen LogP contribution in [0.2, 0.25) is 0 Å². The van der Waals surface area contributed by atoms with Gasteiger partial charge in [0, 0.05) is 38.7 Å². The van der Waals surface area contributed by atoms with Gasteiger partial charge in [0.1, 0.15) is 0 Å². The lowest BCUT2D eigenvalue weighted by molar-refractivity contribution is -0.111. The third-order valence-electron chi connectivity index (χ3n) is 4.41. The van der Waals surface area contributed by atoms with E-state index in [2.05, 4.69) is 45.6 Å². The Labute approximate surface area is 148 Å². The van der Waals surface area contributed by atoms with Gasteiger partial charge >= 0.3 is 0 Å². The maximum absolute atomic E-state index is 12.1. The molecule has 0 aliphatic carbocycles. The van der Waals surface area contributed by atoms with E-state index in [0.717, 1.165) is 43.0 Å². The lowest BCUT2D eigenvalue weighted by atomic mass is 10.0. The molecule has 1 aliphatic heterocycles. The monoisotopic (exact) mass is 336 g/mol. The van der Waals surface area contributed by atoms with E-state index in [1.165, 1.54) is 0 Å². The van der Waals surface area contributed by atoms with Crippen LogP contribution in [0, 0.1) is 0 Å². The molecule has 1 N–H and O–H groups in total. The van der Waals surface area contributed by atoms with Gasteiger partial charge in [-0.25, -0.2) is 0 Å². The van der Waals surface area contributed by atoms with Crippen molar-refractivity contribution >= 4 is 17.3 Å². The van der Waals surface area contributed by atoms with Crippen LogP contribution in [0.1, 0.15) is 6.92 Å². The number of ketones is 1. The van der Waals surface area contributed by atoms with Gasteiger partial charge in [-0.3, -0.25) is 10.2 Å². The molecule has 2 aromatic carbocycles. The number of hydrogen-bond donors (Lipinski definition) is 1. The molecule has 1 fully saturated rings. The van der Waals surface area contributed by atoms with Gasteiger partial charge in [-0.15, -0.1) is 0 Å². The average molecular weight is 336 g/mol. The number of piperazine rings is 1. The first-order valence-electron chi connectivity index (χ1n) is 8.58. The number of amidine groups is 1. The fraction of sp³-hybridized carbons (Fsp3) is 0.300. The third kappa shape index (κ3) is 4.25. The van der Waals surface area contributed by atoms with Gasteiger partial charge in [-0.2, -0.15) is 5.10 Å². The summed E-state index contributed by atoms with van der Waals surface area (Å²) < 4.78 is 0. The number of para-hydroxylation sites is 1. The van der Waals surface area contributed by atoms with Crippen molar-refractivity contribution in [3.8, 4) is 11.1 Å². The topological polar surface area (TPSA) is 47.9 Å². The molecule has 0 radical (unpaired) electrons. The minimum atomic E-state index is -0.0192. The van der Waals surface area contributed by atoms with E-state index in [1.807, 2.05) is 36.4 Å². The molecule has 25 heavy (non-hydrogen) atoms. The van der Waals surface area contributed by atoms with Gasteiger partial charge in [0.05, 0.1) is 5.69 Å². The fourth-order valence-electron chi connectivity index (χ4n) is 2.95. The predicted octanol–water partition coefficient (Wildman–Crippen LogP) is 2.92.